The van der Waals surface area contributed by atoms with Crippen LogP contribution in [0.25, 0.3) is 0 Å². The molecular weight excluding hydrogens is 233 g/mol. The van der Waals surface area contributed by atoms with Crippen molar-refractivity contribution < 1.29 is 4.74 Å². The summed E-state index contributed by atoms with van der Waals surface area (Å²) in [5, 5.41) is 4.74. The smallest absolute Gasteiger partial charge is 0.144 e. The molecule has 1 heterocycles. The minimum absolute atomic E-state index is 0.255. The zero-order chi connectivity index (χ0) is 10.8. The summed E-state index contributed by atoms with van der Waals surface area (Å²) < 4.78 is 5.56. The fourth-order valence-electron chi connectivity index (χ4n) is 1.89. The molecule has 0 spiro atoms. The minimum Gasteiger partial charge on any atom is -0.492 e. The van der Waals surface area contributed by atoms with E-state index in [9.17, 15) is 0 Å². The quantitative estimate of drug-likeness (QED) is 0.863. The first-order valence-electron chi connectivity index (χ1n) is 5.08. The van der Waals surface area contributed by atoms with Gasteiger partial charge in [-0.25, -0.2) is 0 Å². The Hall–Kier alpha value is -0.440. The Balaban J connectivity index is 2.45. The molecule has 1 unspecified atom stereocenters. The van der Waals surface area contributed by atoms with Gasteiger partial charge in [0.2, 0.25) is 0 Å². The lowest BCUT2D eigenvalue weighted by atomic mass is 10.0. The van der Waals surface area contributed by atoms with Gasteiger partial charge >= 0.3 is 0 Å². The van der Waals surface area contributed by atoms with Gasteiger partial charge in [0.05, 0.1) is 11.6 Å². The second-order valence-electron chi connectivity index (χ2n) is 3.52. The Morgan fingerprint density at radius 2 is 2.13 bits per heavy atom. The van der Waals surface area contributed by atoms with E-state index in [2.05, 4.69) is 12.2 Å². The number of rotatable bonds is 2. The zero-order valence-electron chi connectivity index (χ0n) is 8.52. The van der Waals surface area contributed by atoms with Crippen molar-refractivity contribution in [1.82, 2.24) is 5.32 Å². The molecule has 1 N–H and O–H groups in total. The van der Waals surface area contributed by atoms with E-state index in [1.165, 1.54) is 0 Å². The number of fused-ring (bicyclic) bond motifs is 1. The second-order valence-corrected chi connectivity index (χ2v) is 4.33. The summed E-state index contributed by atoms with van der Waals surface area (Å²) in [4.78, 5) is 0. The van der Waals surface area contributed by atoms with Crippen LogP contribution in [0.3, 0.4) is 0 Å². The molecule has 1 aliphatic heterocycles. The van der Waals surface area contributed by atoms with Gasteiger partial charge in [-0.3, -0.25) is 0 Å². The normalized spacial score (nSPS) is 19.5. The van der Waals surface area contributed by atoms with E-state index in [1.54, 1.807) is 6.07 Å². The third kappa shape index (κ3) is 2.07. The highest BCUT2D eigenvalue weighted by atomic mass is 35.5. The SMILES string of the molecule is CCNC1CCOc2c(Cl)ccc(Cl)c21. The lowest BCUT2D eigenvalue weighted by Gasteiger charge is -2.28. The maximum Gasteiger partial charge on any atom is 0.144 e. The average molecular weight is 246 g/mol. The average Bonchev–Trinajstić information content (AvgIpc) is 2.24. The molecule has 2 nitrogen and oxygen atoms in total. The van der Waals surface area contributed by atoms with Crippen molar-refractivity contribution in [2.24, 2.45) is 0 Å². The summed E-state index contributed by atoms with van der Waals surface area (Å²) in [6.07, 6.45) is 0.931. The standard InChI is InChI=1S/C11H13Cl2NO/c1-2-14-9-5-6-15-11-8(13)4-3-7(12)10(9)11/h3-4,9,14H,2,5-6H2,1H3. The van der Waals surface area contributed by atoms with Crippen LogP contribution in [0.5, 0.6) is 5.75 Å². The molecule has 4 heteroatoms. The van der Waals surface area contributed by atoms with E-state index in [0.717, 1.165) is 29.3 Å². The first-order valence-corrected chi connectivity index (χ1v) is 5.83. The molecule has 0 saturated carbocycles. The molecule has 2 rings (SSSR count). The molecule has 1 aromatic carbocycles. The number of nitrogens with one attached hydrogen (secondary N) is 1. The monoisotopic (exact) mass is 245 g/mol. The molecule has 0 aliphatic carbocycles. The Bertz CT molecular complexity index is 368. The van der Waals surface area contributed by atoms with Crippen LogP contribution in [0.15, 0.2) is 12.1 Å². The van der Waals surface area contributed by atoms with Crippen molar-refractivity contribution >= 4 is 23.2 Å². The third-order valence-electron chi connectivity index (χ3n) is 2.55. The van der Waals surface area contributed by atoms with Crippen molar-refractivity contribution in [3.05, 3.63) is 27.7 Å². The maximum absolute atomic E-state index is 6.17. The van der Waals surface area contributed by atoms with Crippen LogP contribution in [0.1, 0.15) is 24.9 Å². The summed E-state index contributed by atoms with van der Waals surface area (Å²) in [5.74, 6) is 0.737. The van der Waals surface area contributed by atoms with Gasteiger partial charge in [0.15, 0.2) is 0 Å². The van der Waals surface area contributed by atoms with Crippen LogP contribution in [0.2, 0.25) is 10.0 Å². The van der Waals surface area contributed by atoms with Crippen molar-refractivity contribution in [2.75, 3.05) is 13.2 Å². The second kappa shape index (κ2) is 4.60. The first-order chi connectivity index (χ1) is 7.24. The van der Waals surface area contributed by atoms with Crippen molar-refractivity contribution in [2.45, 2.75) is 19.4 Å². The Morgan fingerprint density at radius 1 is 1.40 bits per heavy atom. The van der Waals surface area contributed by atoms with E-state index in [0.29, 0.717) is 11.6 Å². The molecule has 0 amide bonds. The number of hydrogen-bond donors (Lipinski definition) is 1. The lowest BCUT2D eigenvalue weighted by molar-refractivity contribution is 0.254. The Kier molecular flexibility index (Phi) is 3.39. The van der Waals surface area contributed by atoms with Gasteiger partial charge in [-0.05, 0) is 18.7 Å². The summed E-state index contributed by atoms with van der Waals surface area (Å²) in [6, 6.07) is 3.85. The highest BCUT2D eigenvalue weighted by Gasteiger charge is 2.25. The number of halogens is 2. The van der Waals surface area contributed by atoms with Crippen LogP contribution < -0.4 is 10.1 Å². The van der Waals surface area contributed by atoms with Crippen molar-refractivity contribution in [3.8, 4) is 5.75 Å². The Morgan fingerprint density at radius 3 is 2.87 bits per heavy atom. The molecule has 0 fully saturated rings. The van der Waals surface area contributed by atoms with Gasteiger partial charge in [-0.15, -0.1) is 0 Å². The van der Waals surface area contributed by atoms with Gasteiger partial charge in [0.25, 0.3) is 0 Å². The van der Waals surface area contributed by atoms with E-state index in [-0.39, 0.29) is 6.04 Å². The zero-order valence-corrected chi connectivity index (χ0v) is 10.0. The Labute approximate surface area is 99.5 Å². The number of hydrogen-bond acceptors (Lipinski definition) is 2. The molecule has 0 bridgehead atoms. The predicted octanol–water partition coefficient (Wildman–Crippen LogP) is 3.43. The van der Waals surface area contributed by atoms with E-state index in [1.807, 2.05) is 6.07 Å². The highest BCUT2D eigenvalue weighted by molar-refractivity contribution is 6.35. The largest absolute Gasteiger partial charge is 0.492 e. The minimum atomic E-state index is 0.255. The molecule has 15 heavy (non-hydrogen) atoms. The predicted molar refractivity (Wildman–Crippen MR) is 63.0 cm³/mol. The summed E-state index contributed by atoms with van der Waals surface area (Å²) >= 11 is 12.2. The van der Waals surface area contributed by atoms with Crippen LogP contribution in [0.4, 0.5) is 0 Å². The lowest BCUT2D eigenvalue weighted by Crippen LogP contribution is -2.27. The fourth-order valence-corrected chi connectivity index (χ4v) is 2.39. The van der Waals surface area contributed by atoms with E-state index >= 15 is 0 Å². The first kappa shape index (κ1) is 11.1. The summed E-state index contributed by atoms with van der Waals surface area (Å²) in [6.45, 7) is 3.67. The summed E-state index contributed by atoms with van der Waals surface area (Å²) in [5.41, 5.74) is 0.997. The molecule has 0 saturated heterocycles. The molecule has 82 valence electrons. The highest BCUT2D eigenvalue weighted by Crippen LogP contribution is 2.41. The van der Waals surface area contributed by atoms with Crippen LogP contribution >= 0.6 is 23.2 Å². The van der Waals surface area contributed by atoms with Crippen LogP contribution in [0, 0.1) is 0 Å². The molecule has 1 atom stereocenters. The van der Waals surface area contributed by atoms with Gasteiger partial charge in [0.1, 0.15) is 5.75 Å². The maximum atomic E-state index is 6.17. The van der Waals surface area contributed by atoms with E-state index < -0.39 is 0 Å². The van der Waals surface area contributed by atoms with Gasteiger partial charge in [-0.2, -0.15) is 0 Å². The number of benzene rings is 1. The van der Waals surface area contributed by atoms with Crippen molar-refractivity contribution in [1.29, 1.82) is 0 Å². The molecule has 0 radical (unpaired) electrons. The van der Waals surface area contributed by atoms with Crippen LogP contribution in [-0.4, -0.2) is 13.2 Å². The topological polar surface area (TPSA) is 21.3 Å². The van der Waals surface area contributed by atoms with Gasteiger partial charge in [-0.1, -0.05) is 30.1 Å². The van der Waals surface area contributed by atoms with Gasteiger partial charge in [0, 0.05) is 23.0 Å². The van der Waals surface area contributed by atoms with Crippen LogP contribution in [-0.2, 0) is 0 Å². The fraction of sp³-hybridized carbons (Fsp3) is 0.455. The molecular formula is C11H13Cl2NO. The van der Waals surface area contributed by atoms with Crippen molar-refractivity contribution in [3.63, 3.8) is 0 Å². The number of ether oxygens (including phenoxy) is 1. The molecule has 1 aromatic rings. The van der Waals surface area contributed by atoms with Gasteiger partial charge < -0.3 is 10.1 Å². The molecule has 0 aromatic heterocycles. The van der Waals surface area contributed by atoms with E-state index in [4.69, 9.17) is 27.9 Å². The summed E-state index contributed by atoms with van der Waals surface area (Å²) in [7, 11) is 0. The molecule has 1 aliphatic rings. The third-order valence-corrected chi connectivity index (χ3v) is 3.17.